The Bertz CT molecular complexity index is 1370. The zero-order valence-corrected chi connectivity index (χ0v) is 21.8. The summed E-state index contributed by atoms with van der Waals surface area (Å²) in [7, 11) is 1.60. The molecule has 11 heteroatoms. The monoisotopic (exact) mass is 572 g/mol. The number of hydrogen-bond donors (Lipinski definition) is 0. The molecule has 8 nitrogen and oxygen atoms in total. The van der Waals surface area contributed by atoms with Crippen molar-refractivity contribution >= 4 is 27.7 Å². The van der Waals surface area contributed by atoms with Gasteiger partial charge in [0.05, 0.1) is 11.6 Å². The SMILES string of the molecule is COc1ccc(-n2c(C)nnc2S[C@H](C[N+](=O)[O-])c2ccc(OCc3cccc(F)c3)c(Br)c2)cc1. The van der Waals surface area contributed by atoms with Crippen molar-refractivity contribution in [3.05, 3.63) is 104 Å². The van der Waals surface area contributed by atoms with Crippen molar-refractivity contribution in [1.82, 2.24) is 14.8 Å². The Hall–Kier alpha value is -3.44. The number of halogens is 2. The molecule has 0 unspecified atom stereocenters. The van der Waals surface area contributed by atoms with Gasteiger partial charge in [-0.15, -0.1) is 10.2 Å². The predicted molar refractivity (Wildman–Crippen MR) is 138 cm³/mol. The van der Waals surface area contributed by atoms with Crippen LogP contribution in [0, 0.1) is 22.9 Å². The Balaban J connectivity index is 1.57. The normalized spacial score (nSPS) is 11.8. The summed E-state index contributed by atoms with van der Waals surface area (Å²) in [5.74, 6) is 1.59. The van der Waals surface area contributed by atoms with E-state index in [0.717, 1.165) is 17.0 Å². The number of aromatic nitrogens is 3. The third-order valence-electron chi connectivity index (χ3n) is 5.30. The fraction of sp³-hybridized carbons (Fsp3) is 0.200. The van der Waals surface area contributed by atoms with Crippen LogP contribution in [0.4, 0.5) is 4.39 Å². The van der Waals surface area contributed by atoms with Crippen molar-refractivity contribution in [2.24, 2.45) is 0 Å². The van der Waals surface area contributed by atoms with Crippen LogP contribution in [0.3, 0.4) is 0 Å². The molecule has 0 saturated carbocycles. The lowest BCUT2D eigenvalue weighted by atomic mass is 10.1. The Labute approximate surface area is 219 Å². The summed E-state index contributed by atoms with van der Waals surface area (Å²) in [6.07, 6.45) is 0. The molecule has 4 aromatic rings. The summed E-state index contributed by atoms with van der Waals surface area (Å²) < 4.78 is 27.0. The summed E-state index contributed by atoms with van der Waals surface area (Å²) in [6.45, 7) is 1.70. The highest BCUT2D eigenvalue weighted by Crippen LogP contribution is 2.39. The van der Waals surface area contributed by atoms with E-state index < -0.39 is 5.25 Å². The molecule has 186 valence electrons. The van der Waals surface area contributed by atoms with E-state index in [0.29, 0.717) is 26.8 Å². The van der Waals surface area contributed by atoms with Gasteiger partial charge >= 0.3 is 0 Å². The maximum absolute atomic E-state index is 13.4. The van der Waals surface area contributed by atoms with E-state index >= 15 is 0 Å². The van der Waals surface area contributed by atoms with Gasteiger partial charge in [0, 0.05) is 10.6 Å². The van der Waals surface area contributed by atoms with E-state index in [2.05, 4.69) is 26.1 Å². The van der Waals surface area contributed by atoms with Crippen LogP contribution >= 0.6 is 27.7 Å². The molecule has 0 N–H and O–H groups in total. The molecule has 1 atom stereocenters. The summed E-state index contributed by atoms with van der Waals surface area (Å²) in [5.41, 5.74) is 2.24. The first kappa shape index (κ1) is 25.6. The second-order valence-electron chi connectivity index (χ2n) is 7.79. The quantitative estimate of drug-likeness (QED) is 0.127. The van der Waals surface area contributed by atoms with Crippen molar-refractivity contribution < 1.29 is 18.8 Å². The van der Waals surface area contributed by atoms with E-state index in [9.17, 15) is 14.5 Å². The molecule has 0 radical (unpaired) electrons. The first-order valence-electron chi connectivity index (χ1n) is 10.9. The largest absolute Gasteiger partial charge is 0.497 e. The van der Waals surface area contributed by atoms with Crippen LogP contribution < -0.4 is 9.47 Å². The van der Waals surface area contributed by atoms with Crippen molar-refractivity contribution in [1.29, 1.82) is 0 Å². The lowest BCUT2D eigenvalue weighted by Gasteiger charge is -2.16. The van der Waals surface area contributed by atoms with Crippen LogP contribution in [0.2, 0.25) is 0 Å². The molecular formula is C25H22BrFN4O4S. The van der Waals surface area contributed by atoms with Crippen molar-refractivity contribution in [2.45, 2.75) is 23.9 Å². The number of hydrogen-bond acceptors (Lipinski definition) is 7. The minimum atomic E-state index is -0.533. The number of benzene rings is 3. The zero-order chi connectivity index (χ0) is 25.7. The van der Waals surface area contributed by atoms with Crippen molar-refractivity contribution in [3.8, 4) is 17.2 Å². The maximum Gasteiger partial charge on any atom is 0.220 e. The van der Waals surface area contributed by atoms with Gasteiger partial charge < -0.3 is 9.47 Å². The molecule has 0 aliphatic carbocycles. The first-order valence-corrected chi connectivity index (χ1v) is 12.5. The van der Waals surface area contributed by atoms with Crippen LogP contribution in [-0.2, 0) is 6.61 Å². The molecule has 1 heterocycles. The molecular weight excluding hydrogens is 551 g/mol. The highest BCUT2D eigenvalue weighted by Gasteiger charge is 2.24. The molecule has 0 amide bonds. The van der Waals surface area contributed by atoms with Crippen LogP contribution in [-0.4, -0.2) is 33.3 Å². The Morgan fingerprint density at radius 3 is 2.58 bits per heavy atom. The molecule has 3 aromatic carbocycles. The molecule has 0 bridgehead atoms. The van der Waals surface area contributed by atoms with Gasteiger partial charge in [-0.1, -0.05) is 30.0 Å². The smallest absolute Gasteiger partial charge is 0.220 e. The molecule has 0 saturated heterocycles. The number of methoxy groups -OCH3 is 1. The number of nitrogens with zero attached hydrogens (tertiary/aromatic N) is 4. The molecule has 36 heavy (non-hydrogen) atoms. The summed E-state index contributed by atoms with van der Waals surface area (Å²) in [6, 6.07) is 18.9. The number of aryl methyl sites for hydroxylation is 1. The fourth-order valence-corrected chi connectivity index (χ4v) is 5.22. The Morgan fingerprint density at radius 1 is 1.14 bits per heavy atom. The van der Waals surface area contributed by atoms with Gasteiger partial charge in [-0.2, -0.15) is 0 Å². The third-order valence-corrected chi connectivity index (χ3v) is 7.10. The van der Waals surface area contributed by atoms with Gasteiger partial charge in [-0.25, -0.2) is 4.39 Å². The molecule has 0 spiro atoms. The standard InChI is InChI=1S/C25H22BrFN4O4S/c1-16-28-29-25(31(16)20-7-9-21(34-2)10-8-20)36-24(14-30(32)33)18-6-11-23(22(26)13-18)35-15-17-4-3-5-19(27)12-17/h3-13,24H,14-15H2,1-2H3/t24-/m1/s1. The average molecular weight is 573 g/mol. The molecule has 4 rings (SSSR count). The predicted octanol–water partition coefficient (Wildman–Crippen LogP) is 6.18. The van der Waals surface area contributed by atoms with Gasteiger partial charge in [0.2, 0.25) is 6.54 Å². The fourth-order valence-electron chi connectivity index (χ4n) is 3.54. The number of thioether (sulfide) groups is 1. The topological polar surface area (TPSA) is 92.3 Å². The summed E-state index contributed by atoms with van der Waals surface area (Å²) in [4.78, 5) is 11.2. The third kappa shape index (κ3) is 6.21. The lowest BCUT2D eigenvalue weighted by molar-refractivity contribution is -0.479. The van der Waals surface area contributed by atoms with Crippen LogP contribution in [0.15, 0.2) is 76.4 Å². The second-order valence-corrected chi connectivity index (χ2v) is 9.82. The molecule has 0 fully saturated rings. The lowest BCUT2D eigenvalue weighted by Crippen LogP contribution is -2.11. The number of nitro groups is 1. The molecule has 1 aromatic heterocycles. The molecule has 0 aliphatic rings. The van der Waals surface area contributed by atoms with Crippen LogP contribution in [0.25, 0.3) is 5.69 Å². The van der Waals surface area contributed by atoms with Crippen molar-refractivity contribution in [2.75, 3.05) is 13.7 Å². The van der Waals surface area contributed by atoms with Crippen molar-refractivity contribution in [3.63, 3.8) is 0 Å². The van der Waals surface area contributed by atoms with Crippen LogP contribution in [0.5, 0.6) is 11.5 Å². The maximum atomic E-state index is 13.4. The number of ether oxygens (including phenoxy) is 2. The molecule has 0 aliphatic heterocycles. The first-order chi connectivity index (χ1) is 17.3. The zero-order valence-electron chi connectivity index (χ0n) is 19.4. The Kier molecular flexibility index (Phi) is 8.21. The average Bonchev–Trinajstić information content (AvgIpc) is 3.22. The van der Waals surface area contributed by atoms with E-state index in [1.165, 1.54) is 23.9 Å². The summed E-state index contributed by atoms with van der Waals surface area (Å²) >= 11 is 4.76. The summed E-state index contributed by atoms with van der Waals surface area (Å²) in [5, 5.41) is 20.0. The van der Waals surface area contributed by atoms with E-state index in [1.807, 2.05) is 35.8 Å². The highest BCUT2D eigenvalue weighted by molar-refractivity contribution is 9.10. The minimum absolute atomic E-state index is 0.188. The van der Waals surface area contributed by atoms with E-state index in [-0.39, 0.29) is 23.9 Å². The van der Waals surface area contributed by atoms with Gasteiger partial charge in [-0.05, 0) is 82.5 Å². The highest BCUT2D eigenvalue weighted by atomic mass is 79.9. The van der Waals surface area contributed by atoms with Gasteiger partial charge in [0.25, 0.3) is 0 Å². The van der Waals surface area contributed by atoms with Gasteiger partial charge in [0.1, 0.15) is 35.0 Å². The second kappa shape index (κ2) is 11.5. The van der Waals surface area contributed by atoms with Gasteiger partial charge in [-0.3, -0.25) is 14.7 Å². The number of rotatable bonds is 10. The van der Waals surface area contributed by atoms with Gasteiger partial charge in [0.15, 0.2) is 5.16 Å². The van der Waals surface area contributed by atoms with E-state index in [4.69, 9.17) is 9.47 Å². The van der Waals surface area contributed by atoms with E-state index in [1.54, 1.807) is 37.4 Å². The minimum Gasteiger partial charge on any atom is -0.497 e. The Morgan fingerprint density at radius 2 is 1.92 bits per heavy atom. The van der Waals surface area contributed by atoms with Crippen LogP contribution in [0.1, 0.15) is 22.2 Å².